The van der Waals surface area contributed by atoms with Crippen LogP contribution in [0.5, 0.6) is 0 Å². The minimum atomic E-state index is -0.0337. The van der Waals surface area contributed by atoms with Crippen molar-refractivity contribution in [3.8, 4) is 0 Å². The van der Waals surface area contributed by atoms with Crippen molar-refractivity contribution in [3.63, 3.8) is 0 Å². The van der Waals surface area contributed by atoms with Crippen LogP contribution in [0.3, 0.4) is 0 Å². The summed E-state index contributed by atoms with van der Waals surface area (Å²) in [4.78, 5) is 4.51. The quantitative estimate of drug-likeness (QED) is 0.743. The number of rotatable bonds is 6. The van der Waals surface area contributed by atoms with E-state index in [1.807, 2.05) is 25.1 Å². The molecule has 1 aliphatic heterocycles. The molecule has 3 aromatic rings. The summed E-state index contributed by atoms with van der Waals surface area (Å²) in [6.45, 7) is 3.67. The molecule has 7 nitrogen and oxygen atoms in total. The van der Waals surface area contributed by atoms with Gasteiger partial charge >= 0.3 is 0 Å². The standard InChI is InChI=1S/C18H22N6O/c1-13(19-12-17-22-21-16-9-5-6-10-24(16)17)18-20-15(23-25-18)11-14-7-3-2-4-8-14/h2-4,7-8,13,19H,5-6,9-12H2,1H3/t13-/m0/s1. The van der Waals surface area contributed by atoms with Gasteiger partial charge in [-0.1, -0.05) is 35.5 Å². The first-order valence-corrected chi connectivity index (χ1v) is 8.80. The van der Waals surface area contributed by atoms with Gasteiger partial charge in [0, 0.05) is 19.4 Å². The topological polar surface area (TPSA) is 81.7 Å². The van der Waals surface area contributed by atoms with Crippen LogP contribution in [-0.4, -0.2) is 24.9 Å². The highest BCUT2D eigenvalue weighted by atomic mass is 16.5. The Morgan fingerprint density at radius 2 is 2.08 bits per heavy atom. The van der Waals surface area contributed by atoms with Gasteiger partial charge in [-0.05, 0) is 25.3 Å². The Bertz CT molecular complexity index is 825. The van der Waals surface area contributed by atoms with Gasteiger partial charge in [0.15, 0.2) is 5.82 Å². The molecule has 1 atom stereocenters. The van der Waals surface area contributed by atoms with Crippen molar-refractivity contribution in [1.82, 2.24) is 30.2 Å². The zero-order chi connectivity index (χ0) is 17.1. The third-order valence-electron chi connectivity index (χ3n) is 4.56. The van der Waals surface area contributed by atoms with Gasteiger partial charge in [0.1, 0.15) is 11.6 Å². The molecule has 0 fully saturated rings. The lowest BCUT2D eigenvalue weighted by molar-refractivity contribution is 0.333. The van der Waals surface area contributed by atoms with Crippen molar-refractivity contribution in [2.45, 2.75) is 51.7 Å². The predicted molar refractivity (Wildman–Crippen MR) is 91.8 cm³/mol. The smallest absolute Gasteiger partial charge is 0.243 e. The number of nitrogens with one attached hydrogen (secondary N) is 1. The molecule has 0 bridgehead atoms. The molecule has 0 radical (unpaired) electrons. The molecular formula is C18H22N6O. The number of aryl methyl sites for hydroxylation is 1. The summed E-state index contributed by atoms with van der Waals surface area (Å²) in [6.07, 6.45) is 4.10. The van der Waals surface area contributed by atoms with Crippen LogP contribution in [0, 0.1) is 0 Å². The SMILES string of the molecule is C[C@H](NCc1nnc2n1CCCC2)c1nc(Cc2ccccc2)no1. The molecule has 1 N–H and O–H groups in total. The highest BCUT2D eigenvalue weighted by Gasteiger charge is 2.18. The first kappa shape index (κ1) is 16.0. The molecule has 7 heteroatoms. The molecule has 1 aromatic carbocycles. The first-order chi connectivity index (χ1) is 12.3. The lowest BCUT2D eigenvalue weighted by atomic mass is 10.1. The Balaban J connectivity index is 1.37. The van der Waals surface area contributed by atoms with Gasteiger partial charge in [-0.25, -0.2) is 0 Å². The third-order valence-corrected chi connectivity index (χ3v) is 4.56. The van der Waals surface area contributed by atoms with Crippen LogP contribution in [0.4, 0.5) is 0 Å². The summed E-state index contributed by atoms with van der Waals surface area (Å²) in [5, 5.41) is 16.1. The van der Waals surface area contributed by atoms with E-state index >= 15 is 0 Å². The van der Waals surface area contributed by atoms with Gasteiger partial charge in [-0.2, -0.15) is 4.98 Å². The van der Waals surface area contributed by atoms with Crippen LogP contribution in [0.1, 0.15) is 54.7 Å². The molecule has 2 aromatic heterocycles. The molecule has 0 unspecified atom stereocenters. The Morgan fingerprint density at radius 1 is 1.20 bits per heavy atom. The monoisotopic (exact) mass is 338 g/mol. The predicted octanol–water partition coefficient (Wildman–Crippen LogP) is 2.44. The van der Waals surface area contributed by atoms with E-state index < -0.39 is 0 Å². The summed E-state index contributed by atoms with van der Waals surface area (Å²) < 4.78 is 7.63. The summed E-state index contributed by atoms with van der Waals surface area (Å²) in [5.41, 5.74) is 1.17. The Hall–Kier alpha value is -2.54. The first-order valence-electron chi connectivity index (χ1n) is 8.80. The van der Waals surface area contributed by atoms with Gasteiger partial charge < -0.3 is 9.09 Å². The van der Waals surface area contributed by atoms with Gasteiger partial charge in [0.05, 0.1) is 12.6 Å². The minimum absolute atomic E-state index is 0.0337. The Morgan fingerprint density at radius 3 is 2.96 bits per heavy atom. The molecule has 130 valence electrons. The number of hydrogen-bond donors (Lipinski definition) is 1. The van der Waals surface area contributed by atoms with Gasteiger partial charge in [-0.15, -0.1) is 10.2 Å². The zero-order valence-electron chi connectivity index (χ0n) is 14.4. The van der Waals surface area contributed by atoms with Gasteiger partial charge in [0.25, 0.3) is 0 Å². The molecule has 0 amide bonds. The van der Waals surface area contributed by atoms with Gasteiger partial charge in [0.2, 0.25) is 5.89 Å². The minimum Gasteiger partial charge on any atom is -0.338 e. The van der Waals surface area contributed by atoms with Crippen LogP contribution >= 0.6 is 0 Å². The van der Waals surface area contributed by atoms with Crippen molar-refractivity contribution in [1.29, 1.82) is 0 Å². The molecule has 0 saturated heterocycles. The Labute approximate surface area is 146 Å². The summed E-state index contributed by atoms with van der Waals surface area (Å²) >= 11 is 0. The van der Waals surface area contributed by atoms with E-state index in [1.165, 1.54) is 18.4 Å². The van der Waals surface area contributed by atoms with Crippen LogP contribution < -0.4 is 5.32 Å². The second kappa shape index (κ2) is 7.14. The zero-order valence-corrected chi connectivity index (χ0v) is 14.4. The highest BCUT2D eigenvalue weighted by molar-refractivity contribution is 5.18. The summed E-state index contributed by atoms with van der Waals surface area (Å²) in [7, 11) is 0. The third kappa shape index (κ3) is 3.61. The largest absolute Gasteiger partial charge is 0.338 e. The van der Waals surface area contributed by atoms with E-state index in [1.54, 1.807) is 0 Å². The average molecular weight is 338 g/mol. The summed E-state index contributed by atoms with van der Waals surface area (Å²) in [6, 6.07) is 10.1. The lowest BCUT2D eigenvalue weighted by Gasteiger charge is -2.15. The molecular weight excluding hydrogens is 316 g/mol. The number of aromatic nitrogens is 5. The summed E-state index contributed by atoms with van der Waals surface area (Å²) in [5.74, 6) is 3.38. The fourth-order valence-corrected chi connectivity index (χ4v) is 3.12. The average Bonchev–Trinajstić information content (AvgIpc) is 3.28. The van der Waals surface area contributed by atoms with E-state index in [4.69, 9.17) is 4.52 Å². The molecule has 1 aliphatic rings. The highest BCUT2D eigenvalue weighted by Crippen LogP contribution is 2.16. The fraction of sp³-hybridized carbons (Fsp3) is 0.444. The maximum Gasteiger partial charge on any atom is 0.243 e. The van der Waals surface area contributed by atoms with E-state index in [0.29, 0.717) is 24.7 Å². The van der Waals surface area contributed by atoms with Crippen LogP contribution in [-0.2, 0) is 25.9 Å². The molecule has 4 rings (SSSR count). The molecule has 25 heavy (non-hydrogen) atoms. The number of fused-ring (bicyclic) bond motifs is 1. The lowest BCUT2D eigenvalue weighted by Crippen LogP contribution is -2.22. The van der Waals surface area contributed by atoms with Crippen molar-refractivity contribution in [3.05, 3.63) is 59.3 Å². The van der Waals surface area contributed by atoms with E-state index in [2.05, 4.69) is 42.4 Å². The molecule has 0 saturated carbocycles. The van der Waals surface area contributed by atoms with Gasteiger partial charge in [-0.3, -0.25) is 5.32 Å². The van der Waals surface area contributed by atoms with Crippen molar-refractivity contribution in [2.75, 3.05) is 0 Å². The maximum absolute atomic E-state index is 5.41. The maximum atomic E-state index is 5.41. The Kier molecular flexibility index (Phi) is 4.56. The van der Waals surface area contributed by atoms with Crippen molar-refractivity contribution >= 4 is 0 Å². The van der Waals surface area contributed by atoms with E-state index in [0.717, 1.165) is 24.6 Å². The second-order valence-corrected chi connectivity index (χ2v) is 6.46. The number of hydrogen-bond acceptors (Lipinski definition) is 6. The molecule has 0 spiro atoms. The fourth-order valence-electron chi connectivity index (χ4n) is 3.12. The van der Waals surface area contributed by atoms with Crippen molar-refractivity contribution in [2.24, 2.45) is 0 Å². The second-order valence-electron chi connectivity index (χ2n) is 6.46. The van der Waals surface area contributed by atoms with Crippen LogP contribution in [0.2, 0.25) is 0 Å². The van der Waals surface area contributed by atoms with Crippen LogP contribution in [0.25, 0.3) is 0 Å². The number of benzene rings is 1. The normalized spacial score (nSPS) is 15.1. The van der Waals surface area contributed by atoms with E-state index in [-0.39, 0.29) is 6.04 Å². The molecule has 0 aliphatic carbocycles. The van der Waals surface area contributed by atoms with E-state index in [9.17, 15) is 0 Å². The number of nitrogens with zero attached hydrogens (tertiary/aromatic N) is 5. The van der Waals surface area contributed by atoms with Crippen molar-refractivity contribution < 1.29 is 4.52 Å². The van der Waals surface area contributed by atoms with Crippen LogP contribution in [0.15, 0.2) is 34.9 Å². The molecule has 3 heterocycles.